The van der Waals surface area contributed by atoms with E-state index in [1.165, 1.54) is 26.2 Å². The number of hydrogen-bond acceptors (Lipinski definition) is 2. The van der Waals surface area contributed by atoms with Gasteiger partial charge in [0, 0.05) is 25.2 Å². The maximum absolute atomic E-state index is 10.8. The van der Waals surface area contributed by atoms with Gasteiger partial charge in [0.05, 0.1) is 0 Å². The van der Waals surface area contributed by atoms with Crippen molar-refractivity contribution in [3.8, 4) is 0 Å². The first-order valence-electron chi connectivity index (χ1n) is 7.32. The summed E-state index contributed by atoms with van der Waals surface area (Å²) >= 11 is 0. The third-order valence-corrected chi connectivity index (χ3v) is 3.20. The van der Waals surface area contributed by atoms with E-state index in [4.69, 9.17) is 0 Å². The Balaban J connectivity index is 2.32. The molecule has 1 rings (SSSR count). The van der Waals surface area contributed by atoms with E-state index in [1.807, 2.05) is 18.2 Å². The number of hydrogen-bond donors (Lipinski definition) is 2. The van der Waals surface area contributed by atoms with Crippen molar-refractivity contribution in [2.45, 2.75) is 52.1 Å². The zero-order chi connectivity index (χ0) is 14.8. The highest BCUT2D eigenvalue weighted by Gasteiger charge is 2.02. The number of unbranched alkanes of at least 4 members (excludes halogenated alkanes) is 2. The van der Waals surface area contributed by atoms with Gasteiger partial charge in [-0.05, 0) is 43.9 Å². The average Bonchev–Trinajstić information content (AvgIpc) is 2.43. The number of amides is 1. The molecule has 1 amide bonds. The highest BCUT2D eigenvalue weighted by Crippen LogP contribution is 2.13. The molecule has 0 aliphatic heterocycles. The lowest BCUT2D eigenvalue weighted by atomic mass is 10.1. The number of carbonyl (C=O) groups is 1. The van der Waals surface area contributed by atoms with Crippen LogP contribution in [0, 0.1) is 0 Å². The lowest BCUT2D eigenvalue weighted by Gasteiger charge is -2.15. The van der Waals surface area contributed by atoms with Gasteiger partial charge in [-0.1, -0.05) is 24.6 Å². The van der Waals surface area contributed by atoms with Crippen molar-refractivity contribution in [3.63, 3.8) is 0 Å². The van der Waals surface area contributed by atoms with E-state index in [0.717, 1.165) is 17.7 Å². The van der Waals surface area contributed by atoms with Gasteiger partial charge in [-0.2, -0.15) is 0 Å². The average molecular weight is 274 g/mol. The van der Waals surface area contributed by atoms with Crippen molar-refractivity contribution in [3.05, 3.63) is 42.5 Å². The number of nitrogens with one attached hydrogen (secondary N) is 2. The molecule has 110 valence electrons. The van der Waals surface area contributed by atoms with Gasteiger partial charge in [0.25, 0.3) is 0 Å². The molecule has 0 radical (unpaired) electrons. The Labute approximate surface area is 122 Å². The van der Waals surface area contributed by atoms with Crippen LogP contribution in [0.2, 0.25) is 0 Å². The van der Waals surface area contributed by atoms with Gasteiger partial charge in [0.2, 0.25) is 5.91 Å². The molecule has 0 fully saturated rings. The molecule has 0 bridgehead atoms. The second kappa shape index (κ2) is 9.18. The van der Waals surface area contributed by atoms with Crippen LogP contribution in [0.3, 0.4) is 0 Å². The van der Waals surface area contributed by atoms with Crippen LogP contribution >= 0.6 is 0 Å². The lowest BCUT2D eigenvalue weighted by Crippen LogP contribution is -2.19. The van der Waals surface area contributed by atoms with Gasteiger partial charge in [-0.3, -0.25) is 4.79 Å². The second-order valence-electron chi connectivity index (χ2n) is 5.23. The minimum absolute atomic E-state index is 0.000322. The largest absolute Gasteiger partial charge is 0.383 e. The van der Waals surface area contributed by atoms with E-state index in [9.17, 15) is 4.79 Å². The number of benzene rings is 1. The van der Waals surface area contributed by atoms with Crippen LogP contribution in [0.5, 0.6) is 0 Å². The monoisotopic (exact) mass is 274 g/mol. The van der Waals surface area contributed by atoms with Crippen LogP contribution in [0.4, 0.5) is 5.69 Å². The fourth-order valence-electron chi connectivity index (χ4n) is 2.04. The molecule has 0 saturated carbocycles. The van der Waals surface area contributed by atoms with Crippen molar-refractivity contribution in [2.75, 3.05) is 5.32 Å². The summed E-state index contributed by atoms with van der Waals surface area (Å²) in [6.45, 7) is 8.07. The SMILES string of the molecule is C=CCCCCC(C)Nc1ccc(CNC(C)=O)cc1. The first-order valence-corrected chi connectivity index (χ1v) is 7.32. The van der Waals surface area contributed by atoms with E-state index in [-0.39, 0.29) is 5.91 Å². The molecular weight excluding hydrogens is 248 g/mol. The normalized spacial score (nSPS) is 11.7. The maximum atomic E-state index is 10.8. The Morgan fingerprint density at radius 1 is 1.30 bits per heavy atom. The standard InChI is InChI=1S/C17H26N2O/c1-4-5-6-7-8-14(2)19-17-11-9-16(10-12-17)13-18-15(3)20/h4,9-12,14,19H,1,5-8,13H2,2-3H3,(H,18,20). The number of allylic oxidation sites excluding steroid dienone is 1. The molecule has 0 aliphatic carbocycles. The first kappa shape index (κ1) is 16.3. The molecule has 0 spiro atoms. The van der Waals surface area contributed by atoms with Gasteiger partial charge in [0.1, 0.15) is 0 Å². The highest BCUT2D eigenvalue weighted by molar-refractivity contribution is 5.72. The van der Waals surface area contributed by atoms with Gasteiger partial charge >= 0.3 is 0 Å². The van der Waals surface area contributed by atoms with Gasteiger partial charge in [-0.15, -0.1) is 6.58 Å². The minimum Gasteiger partial charge on any atom is -0.383 e. The summed E-state index contributed by atoms with van der Waals surface area (Å²) in [7, 11) is 0. The Hall–Kier alpha value is -1.77. The summed E-state index contributed by atoms with van der Waals surface area (Å²) in [5, 5.41) is 6.29. The van der Waals surface area contributed by atoms with Gasteiger partial charge < -0.3 is 10.6 Å². The van der Waals surface area contributed by atoms with E-state index in [2.05, 4.69) is 36.3 Å². The summed E-state index contributed by atoms with van der Waals surface area (Å²) in [4.78, 5) is 10.8. The van der Waals surface area contributed by atoms with Crippen molar-refractivity contribution in [1.82, 2.24) is 5.32 Å². The van der Waals surface area contributed by atoms with Crippen molar-refractivity contribution >= 4 is 11.6 Å². The van der Waals surface area contributed by atoms with Crippen LogP contribution in [0.25, 0.3) is 0 Å². The molecule has 0 saturated heterocycles. The van der Waals surface area contributed by atoms with E-state index in [0.29, 0.717) is 12.6 Å². The molecule has 1 aromatic carbocycles. The predicted molar refractivity (Wildman–Crippen MR) is 85.7 cm³/mol. The highest BCUT2D eigenvalue weighted by atomic mass is 16.1. The number of rotatable bonds is 9. The first-order chi connectivity index (χ1) is 9.61. The van der Waals surface area contributed by atoms with Crippen molar-refractivity contribution < 1.29 is 4.79 Å². The van der Waals surface area contributed by atoms with Gasteiger partial charge in [-0.25, -0.2) is 0 Å². The zero-order valence-electron chi connectivity index (χ0n) is 12.6. The molecule has 1 aromatic rings. The summed E-state index contributed by atoms with van der Waals surface area (Å²) in [6, 6.07) is 8.70. The summed E-state index contributed by atoms with van der Waals surface area (Å²) < 4.78 is 0. The summed E-state index contributed by atoms with van der Waals surface area (Å²) in [5.41, 5.74) is 2.25. The van der Waals surface area contributed by atoms with Crippen molar-refractivity contribution in [2.24, 2.45) is 0 Å². The van der Waals surface area contributed by atoms with E-state index in [1.54, 1.807) is 0 Å². The minimum atomic E-state index is 0.000322. The Kier molecular flexibility index (Phi) is 7.48. The summed E-state index contributed by atoms with van der Waals surface area (Å²) in [6.07, 6.45) is 6.68. The van der Waals surface area contributed by atoms with E-state index >= 15 is 0 Å². The number of anilines is 1. The molecule has 0 aliphatic rings. The fourth-order valence-corrected chi connectivity index (χ4v) is 2.04. The van der Waals surface area contributed by atoms with Crippen LogP contribution in [0.1, 0.15) is 45.1 Å². The molecule has 1 unspecified atom stereocenters. The zero-order valence-corrected chi connectivity index (χ0v) is 12.6. The van der Waals surface area contributed by atoms with Gasteiger partial charge in [0.15, 0.2) is 0 Å². The molecule has 0 heterocycles. The molecule has 0 aromatic heterocycles. The molecular formula is C17H26N2O. The molecule has 2 N–H and O–H groups in total. The smallest absolute Gasteiger partial charge is 0.217 e. The Morgan fingerprint density at radius 2 is 2.00 bits per heavy atom. The maximum Gasteiger partial charge on any atom is 0.217 e. The lowest BCUT2D eigenvalue weighted by molar-refractivity contribution is -0.119. The van der Waals surface area contributed by atoms with Crippen LogP contribution in [-0.4, -0.2) is 11.9 Å². The predicted octanol–water partition coefficient (Wildman–Crippen LogP) is 3.87. The summed E-state index contributed by atoms with van der Waals surface area (Å²) in [5.74, 6) is 0.000322. The quantitative estimate of drug-likeness (QED) is 0.530. The number of carbonyl (C=O) groups excluding carboxylic acids is 1. The second-order valence-corrected chi connectivity index (χ2v) is 5.23. The molecule has 3 heteroatoms. The molecule has 3 nitrogen and oxygen atoms in total. The van der Waals surface area contributed by atoms with Crippen LogP contribution in [0.15, 0.2) is 36.9 Å². The fraction of sp³-hybridized carbons (Fsp3) is 0.471. The third-order valence-electron chi connectivity index (χ3n) is 3.20. The Bertz CT molecular complexity index is 412. The van der Waals surface area contributed by atoms with Crippen LogP contribution in [-0.2, 0) is 11.3 Å². The molecule has 1 atom stereocenters. The topological polar surface area (TPSA) is 41.1 Å². The van der Waals surface area contributed by atoms with Crippen molar-refractivity contribution in [1.29, 1.82) is 0 Å². The Morgan fingerprint density at radius 3 is 2.60 bits per heavy atom. The molecule has 20 heavy (non-hydrogen) atoms. The van der Waals surface area contributed by atoms with E-state index < -0.39 is 0 Å². The van der Waals surface area contributed by atoms with Crippen LogP contribution < -0.4 is 10.6 Å². The third kappa shape index (κ3) is 6.98.